The van der Waals surface area contributed by atoms with Gasteiger partial charge in [0.1, 0.15) is 0 Å². The maximum atomic E-state index is 12.4. The lowest BCUT2D eigenvalue weighted by atomic mass is 10.2. The van der Waals surface area contributed by atoms with E-state index in [1.54, 1.807) is 0 Å². The highest BCUT2D eigenvalue weighted by molar-refractivity contribution is 5.69. The predicted octanol–water partition coefficient (Wildman–Crippen LogP) is 1.81. The average Bonchev–Trinajstić information content (AvgIpc) is 2.69. The fourth-order valence-electron chi connectivity index (χ4n) is 1.69. The van der Waals surface area contributed by atoms with Crippen LogP contribution in [0.5, 0.6) is 0 Å². The minimum Gasteiger partial charge on any atom is -0.481 e. The molecule has 0 saturated carbocycles. The molecule has 0 saturated heterocycles. The molecule has 106 valence electrons. The zero-order chi connectivity index (χ0) is 14.9. The molecule has 0 aliphatic carbocycles. The predicted molar refractivity (Wildman–Crippen MR) is 62.7 cm³/mol. The molecule has 2 aromatic rings. The van der Waals surface area contributed by atoms with Crippen LogP contribution in [0.25, 0.3) is 5.69 Å². The molecule has 0 bridgehead atoms. The minimum absolute atomic E-state index is 0.0254. The van der Waals surface area contributed by atoms with Gasteiger partial charge in [-0.2, -0.15) is 13.2 Å². The number of alkyl halides is 3. The highest BCUT2D eigenvalue weighted by atomic mass is 19.4. The number of carbonyl (C=O) groups is 1. The van der Waals surface area contributed by atoms with E-state index in [-0.39, 0.29) is 11.3 Å². The number of aromatic amines is 1. The average molecular weight is 286 g/mol. The third-order valence-corrected chi connectivity index (χ3v) is 2.64. The van der Waals surface area contributed by atoms with E-state index in [9.17, 15) is 22.8 Å². The van der Waals surface area contributed by atoms with Crippen molar-refractivity contribution in [2.24, 2.45) is 0 Å². The molecule has 2 rings (SSSR count). The lowest BCUT2D eigenvalue weighted by molar-refractivity contribution is -0.138. The van der Waals surface area contributed by atoms with Crippen LogP contribution in [0.3, 0.4) is 0 Å². The highest BCUT2D eigenvalue weighted by Crippen LogP contribution is 2.29. The lowest BCUT2D eigenvalue weighted by Crippen LogP contribution is -2.19. The van der Waals surface area contributed by atoms with E-state index in [4.69, 9.17) is 5.11 Å². The van der Waals surface area contributed by atoms with Crippen molar-refractivity contribution in [2.45, 2.75) is 12.6 Å². The van der Waals surface area contributed by atoms with Gasteiger partial charge in [-0.1, -0.05) is 0 Å². The van der Waals surface area contributed by atoms with Crippen molar-refractivity contribution in [1.29, 1.82) is 0 Å². The van der Waals surface area contributed by atoms with E-state index in [2.05, 4.69) is 5.10 Å². The number of aliphatic carboxylic acids is 1. The maximum absolute atomic E-state index is 12.4. The molecule has 0 spiro atoms. The summed E-state index contributed by atoms with van der Waals surface area (Å²) in [6, 6.07) is 3.95. The number of nitrogens with one attached hydrogen (secondary N) is 1. The van der Waals surface area contributed by atoms with Crippen LogP contribution in [-0.4, -0.2) is 20.9 Å². The molecule has 5 nitrogen and oxygen atoms in total. The van der Waals surface area contributed by atoms with Crippen LogP contribution in [0.4, 0.5) is 13.2 Å². The van der Waals surface area contributed by atoms with Gasteiger partial charge in [0.2, 0.25) is 0 Å². The van der Waals surface area contributed by atoms with E-state index < -0.39 is 29.7 Å². The summed E-state index contributed by atoms with van der Waals surface area (Å²) in [5.74, 6) is -1.17. The Balaban J connectivity index is 2.36. The van der Waals surface area contributed by atoms with Gasteiger partial charge in [0, 0.05) is 11.8 Å². The van der Waals surface area contributed by atoms with Crippen molar-refractivity contribution >= 4 is 5.97 Å². The molecule has 8 heteroatoms. The minimum atomic E-state index is -4.45. The van der Waals surface area contributed by atoms with Gasteiger partial charge in [-0.25, -0.2) is 4.68 Å². The molecular formula is C12H9F3N2O3. The summed E-state index contributed by atoms with van der Waals surface area (Å²) in [6.07, 6.45) is -3.69. The third-order valence-electron chi connectivity index (χ3n) is 2.64. The number of halogens is 3. The second-order valence-electron chi connectivity index (χ2n) is 4.05. The number of carboxylic acid groups (broad SMARTS) is 1. The summed E-state index contributed by atoms with van der Waals surface area (Å²) in [4.78, 5) is 22.4. The Morgan fingerprint density at radius 1 is 1.25 bits per heavy atom. The molecule has 0 aliphatic heterocycles. The van der Waals surface area contributed by atoms with Crippen molar-refractivity contribution < 1.29 is 23.1 Å². The van der Waals surface area contributed by atoms with Gasteiger partial charge in [-0.05, 0) is 24.3 Å². The lowest BCUT2D eigenvalue weighted by Gasteiger charge is -2.07. The first-order valence-electron chi connectivity index (χ1n) is 5.48. The number of carboxylic acids is 1. The molecule has 0 radical (unpaired) electrons. The zero-order valence-electron chi connectivity index (χ0n) is 9.94. The Hall–Kier alpha value is -2.51. The van der Waals surface area contributed by atoms with Gasteiger partial charge < -0.3 is 5.11 Å². The van der Waals surface area contributed by atoms with Crippen LogP contribution in [0.1, 0.15) is 11.1 Å². The van der Waals surface area contributed by atoms with Crippen molar-refractivity contribution in [1.82, 2.24) is 9.78 Å². The second-order valence-corrected chi connectivity index (χ2v) is 4.05. The number of benzene rings is 1. The number of H-pyrrole nitrogens is 1. The fourth-order valence-corrected chi connectivity index (χ4v) is 1.69. The molecule has 0 amide bonds. The van der Waals surface area contributed by atoms with Crippen LogP contribution >= 0.6 is 0 Å². The summed E-state index contributed by atoms with van der Waals surface area (Å²) < 4.78 is 38.2. The first-order chi connectivity index (χ1) is 9.29. The quantitative estimate of drug-likeness (QED) is 0.903. The largest absolute Gasteiger partial charge is 0.481 e. The number of aromatic nitrogens is 2. The van der Waals surface area contributed by atoms with Crippen molar-refractivity contribution in [3.63, 3.8) is 0 Å². The molecule has 1 aromatic heterocycles. The standard InChI is InChI=1S/C12H9F3N2O3/c13-12(14,15)8-1-3-9(4-2-8)17-11(20)7(6-16-17)5-10(18)19/h1-4,6,16H,5H2,(H,18,19). The van der Waals surface area contributed by atoms with Crippen molar-refractivity contribution in [3.05, 3.63) is 51.9 Å². The van der Waals surface area contributed by atoms with Crippen molar-refractivity contribution in [3.8, 4) is 5.69 Å². The van der Waals surface area contributed by atoms with E-state index in [0.717, 1.165) is 28.9 Å². The van der Waals surface area contributed by atoms with Crippen LogP contribution in [0.15, 0.2) is 35.3 Å². The monoisotopic (exact) mass is 286 g/mol. The van der Waals surface area contributed by atoms with Crippen LogP contribution < -0.4 is 5.56 Å². The number of rotatable bonds is 3. The zero-order valence-corrected chi connectivity index (χ0v) is 9.94. The van der Waals surface area contributed by atoms with Gasteiger partial charge >= 0.3 is 12.1 Å². The molecular weight excluding hydrogens is 277 g/mol. The normalized spacial score (nSPS) is 11.6. The summed E-state index contributed by atoms with van der Waals surface area (Å²) in [7, 11) is 0. The van der Waals surface area contributed by atoms with Gasteiger partial charge in [0.15, 0.2) is 0 Å². The number of hydrogen-bond acceptors (Lipinski definition) is 2. The van der Waals surface area contributed by atoms with Crippen LogP contribution in [-0.2, 0) is 17.4 Å². The van der Waals surface area contributed by atoms with Crippen LogP contribution in [0.2, 0.25) is 0 Å². The topological polar surface area (TPSA) is 75.1 Å². The smallest absolute Gasteiger partial charge is 0.416 e. The van der Waals surface area contributed by atoms with E-state index >= 15 is 0 Å². The van der Waals surface area contributed by atoms with E-state index in [0.29, 0.717) is 0 Å². The Bertz CT molecular complexity index is 683. The molecule has 0 atom stereocenters. The third kappa shape index (κ3) is 2.73. The SMILES string of the molecule is O=C(O)Cc1c[nH]n(-c2ccc(C(F)(F)F)cc2)c1=O. The Kier molecular flexibility index (Phi) is 3.39. The maximum Gasteiger partial charge on any atom is 0.416 e. The second kappa shape index (κ2) is 4.87. The van der Waals surface area contributed by atoms with Crippen molar-refractivity contribution in [2.75, 3.05) is 0 Å². The van der Waals surface area contributed by atoms with E-state index in [1.807, 2.05) is 0 Å². The number of hydrogen-bond donors (Lipinski definition) is 2. The fraction of sp³-hybridized carbons (Fsp3) is 0.167. The highest BCUT2D eigenvalue weighted by Gasteiger charge is 2.30. The Morgan fingerprint density at radius 2 is 1.85 bits per heavy atom. The molecule has 0 aliphatic rings. The van der Waals surface area contributed by atoms with Gasteiger partial charge in [0.05, 0.1) is 17.7 Å². The molecule has 1 heterocycles. The summed E-state index contributed by atoms with van der Waals surface area (Å²) in [6.45, 7) is 0. The summed E-state index contributed by atoms with van der Waals surface area (Å²) in [5, 5.41) is 11.1. The van der Waals surface area contributed by atoms with E-state index in [1.165, 1.54) is 6.20 Å². The first-order valence-corrected chi connectivity index (χ1v) is 5.48. The molecule has 20 heavy (non-hydrogen) atoms. The summed E-state index contributed by atoms with van der Waals surface area (Å²) >= 11 is 0. The van der Waals surface area contributed by atoms with Crippen LogP contribution in [0, 0.1) is 0 Å². The molecule has 1 aromatic carbocycles. The molecule has 0 unspecified atom stereocenters. The molecule has 2 N–H and O–H groups in total. The van der Waals surface area contributed by atoms with Gasteiger partial charge in [-0.3, -0.25) is 14.7 Å². The Morgan fingerprint density at radius 3 is 2.35 bits per heavy atom. The molecule has 0 fully saturated rings. The number of nitrogens with zero attached hydrogens (tertiary/aromatic N) is 1. The van der Waals surface area contributed by atoms with Gasteiger partial charge in [-0.15, -0.1) is 0 Å². The Labute approximate surface area is 110 Å². The summed E-state index contributed by atoms with van der Waals surface area (Å²) in [5.41, 5.74) is -1.21. The van der Waals surface area contributed by atoms with Gasteiger partial charge in [0.25, 0.3) is 5.56 Å². The first kappa shape index (κ1) is 13.9.